The van der Waals surface area contributed by atoms with Crippen LogP contribution in [-0.2, 0) is 9.53 Å². The third-order valence-corrected chi connectivity index (χ3v) is 5.23. The Balaban J connectivity index is 1.62. The van der Waals surface area contributed by atoms with Crippen LogP contribution >= 0.6 is 0 Å². The van der Waals surface area contributed by atoms with Crippen molar-refractivity contribution in [1.29, 1.82) is 0 Å². The Hall–Kier alpha value is -1.65. The summed E-state index contributed by atoms with van der Waals surface area (Å²) in [6.07, 6.45) is 5.13. The van der Waals surface area contributed by atoms with Crippen molar-refractivity contribution in [3.05, 3.63) is 42.0 Å². The first-order valence-electron chi connectivity index (χ1n) is 9.52. The normalized spacial score (nSPS) is 20.4. The van der Waals surface area contributed by atoms with Gasteiger partial charge in [-0.1, -0.05) is 50.3 Å². The number of carbonyl (C=O) groups excluding carboxylic acids is 1. The fraction of sp³-hybridized carbons (Fsp3) is 0.571. The molecule has 1 fully saturated rings. The Morgan fingerprint density at radius 1 is 1.20 bits per heavy atom. The highest BCUT2D eigenvalue weighted by atomic mass is 16.5. The third kappa shape index (κ3) is 4.71. The van der Waals surface area contributed by atoms with Gasteiger partial charge >= 0.3 is 0 Å². The molecule has 0 radical (unpaired) electrons. The molecule has 0 saturated carbocycles. The predicted molar refractivity (Wildman–Crippen MR) is 101 cm³/mol. The van der Waals surface area contributed by atoms with Crippen LogP contribution in [0.4, 0.5) is 0 Å². The van der Waals surface area contributed by atoms with Crippen molar-refractivity contribution in [2.45, 2.75) is 45.2 Å². The molecule has 1 aromatic carbocycles. The molecule has 3 rings (SSSR count). The van der Waals surface area contributed by atoms with E-state index in [2.05, 4.69) is 49.5 Å². The summed E-state index contributed by atoms with van der Waals surface area (Å²) in [5.74, 6) is 0.527. The lowest BCUT2D eigenvalue weighted by Crippen LogP contribution is -2.54. The molecule has 1 aromatic rings. The van der Waals surface area contributed by atoms with Crippen LogP contribution in [0.5, 0.6) is 0 Å². The Labute approximate surface area is 151 Å². The lowest BCUT2D eigenvalue weighted by atomic mass is 9.96. The van der Waals surface area contributed by atoms with E-state index in [1.54, 1.807) is 0 Å². The van der Waals surface area contributed by atoms with Crippen LogP contribution in [0.25, 0.3) is 5.57 Å². The SMILES string of the molecule is CC(C)[C@H](NC1CCOCC1)C(=O)N1CC=C(c2ccccc2)CC1. The number of amides is 1. The van der Waals surface area contributed by atoms with Crippen LogP contribution in [0.3, 0.4) is 0 Å². The molecule has 4 heteroatoms. The first kappa shape index (κ1) is 18.2. The van der Waals surface area contributed by atoms with Gasteiger partial charge in [-0.15, -0.1) is 0 Å². The van der Waals surface area contributed by atoms with Gasteiger partial charge in [0.25, 0.3) is 0 Å². The minimum atomic E-state index is -0.102. The minimum absolute atomic E-state index is 0.102. The van der Waals surface area contributed by atoms with E-state index in [9.17, 15) is 4.79 Å². The molecule has 1 saturated heterocycles. The molecule has 2 aliphatic rings. The van der Waals surface area contributed by atoms with Crippen LogP contribution in [-0.4, -0.2) is 49.2 Å². The van der Waals surface area contributed by atoms with E-state index >= 15 is 0 Å². The number of carbonyl (C=O) groups is 1. The molecule has 2 heterocycles. The average molecular weight is 342 g/mol. The van der Waals surface area contributed by atoms with Gasteiger partial charge < -0.3 is 15.0 Å². The summed E-state index contributed by atoms with van der Waals surface area (Å²) in [5, 5.41) is 3.60. The first-order chi connectivity index (χ1) is 12.1. The van der Waals surface area contributed by atoms with E-state index in [1.165, 1.54) is 11.1 Å². The Morgan fingerprint density at radius 2 is 1.92 bits per heavy atom. The van der Waals surface area contributed by atoms with Crippen LogP contribution in [0.15, 0.2) is 36.4 Å². The molecular weight excluding hydrogens is 312 g/mol. The van der Waals surface area contributed by atoms with Gasteiger partial charge in [0.15, 0.2) is 0 Å². The van der Waals surface area contributed by atoms with Gasteiger partial charge in [-0.25, -0.2) is 0 Å². The number of hydrogen-bond acceptors (Lipinski definition) is 3. The van der Waals surface area contributed by atoms with Crippen molar-refractivity contribution in [2.75, 3.05) is 26.3 Å². The molecule has 0 aromatic heterocycles. The van der Waals surface area contributed by atoms with Crippen molar-refractivity contribution in [2.24, 2.45) is 5.92 Å². The van der Waals surface area contributed by atoms with Crippen molar-refractivity contribution in [1.82, 2.24) is 10.2 Å². The molecule has 25 heavy (non-hydrogen) atoms. The monoisotopic (exact) mass is 342 g/mol. The van der Waals surface area contributed by atoms with Crippen LogP contribution < -0.4 is 5.32 Å². The van der Waals surface area contributed by atoms with Crippen molar-refractivity contribution in [3.63, 3.8) is 0 Å². The number of nitrogens with one attached hydrogen (secondary N) is 1. The molecule has 1 atom stereocenters. The lowest BCUT2D eigenvalue weighted by Gasteiger charge is -2.35. The smallest absolute Gasteiger partial charge is 0.240 e. The number of nitrogens with zero attached hydrogens (tertiary/aromatic N) is 1. The maximum Gasteiger partial charge on any atom is 0.240 e. The van der Waals surface area contributed by atoms with Crippen LogP contribution in [0.2, 0.25) is 0 Å². The lowest BCUT2D eigenvalue weighted by molar-refractivity contribution is -0.134. The molecule has 4 nitrogen and oxygen atoms in total. The fourth-order valence-electron chi connectivity index (χ4n) is 3.65. The number of benzene rings is 1. The fourth-order valence-corrected chi connectivity index (χ4v) is 3.65. The van der Waals surface area contributed by atoms with Crippen molar-refractivity contribution >= 4 is 11.5 Å². The standard InChI is InChI=1S/C21H30N2O2/c1-16(2)20(22-19-10-14-25-15-11-19)21(24)23-12-8-18(9-13-23)17-6-4-3-5-7-17/h3-8,16,19-20,22H,9-15H2,1-2H3/t20-/m0/s1. The molecule has 136 valence electrons. The zero-order valence-electron chi connectivity index (χ0n) is 15.4. The Morgan fingerprint density at radius 3 is 2.52 bits per heavy atom. The number of rotatable bonds is 5. The van der Waals surface area contributed by atoms with Gasteiger partial charge in [-0.3, -0.25) is 4.79 Å². The van der Waals surface area contributed by atoms with Gasteiger partial charge in [-0.2, -0.15) is 0 Å². The highest BCUT2D eigenvalue weighted by Gasteiger charge is 2.30. The third-order valence-electron chi connectivity index (χ3n) is 5.23. The predicted octanol–water partition coefficient (Wildman–Crippen LogP) is 3.10. The molecule has 0 spiro atoms. The van der Waals surface area contributed by atoms with Gasteiger partial charge in [0.05, 0.1) is 6.04 Å². The maximum atomic E-state index is 13.1. The molecule has 1 amide bonds. The molecule has 2 aliphatic heterocycles. The van der Waals surface area contributed by atoms with E-state index in [-0.39, 0.29) is 17.9 Å². The quantitative estimate of drug-likeness (QED) is 0.894. The van der Waals surface area contributed by atoms with Gasteiger partial charge in [0, 0.05) is 32.3 Å². The van der Waals surface area contributed by atoms with Crippen LogP contribution in [0, 0.1) is 5.92 Å². The van der Waals surface area contributed by atoms with E-state index in [1.807, 2.05) is 11.0 Å². The van der Waals surface area contributed by atoms with E-state index in [0.717, 1.165) is 39.0 Å². The zero-order chi connectivity index (χ0) is 17.6. The summed E-state index contributed by atoms with van der Waals surface area (Å²) >= 11 is 0. The molecular formula is C21H30N2O2. The van der Waals surface area contributed by atoms with E-state index in [4.69, 9.17) is 4.74 Å². The average Bonchev–Trinajstić information content (AvgIpc) is 2.67. The van der Waals surface area contributed by atoms with Gasteiger partial charge in [-0.05, 0) is 36.3 Å². The first-order valence-corrected chi connectivity index (χ1v) is 9.52. The summed E-state index contributed by atoms with van der Waals surface area (Å²) in [5.41, 5.74) is 2.62. The van der Waals surface area contributed by atoms with Gasteiger partial charge in [0.2, 0.25) is 5.91 Å². The van der Waals surface area contributed by atoms with E-state index < -0.39 is 0 Å². The summed E-state index contributed by atoms with van der Waals surface area (Å²) in [6.45, 7) is 7.36. The van der Waals surface area contributed by atoms with Crippen molar-refractivity contribution in [3.8, 4) is 0 Å². The van der Waals surface area contributed by atoms with Gasteiger partial charge in [0.1, 0.15) is 0 Å². The molecule has 0 unspecified atom stereocenters. The zero-order valence-corrected chi connectivity index (χ0v) is 15.4. The summed E-state index contributed by atoms with van der Waals surface area (Å²) in [4.78, 5) is 15.1. The Bertz CT molecular complexity index is 591. The summed E-state index contributed by atoms with van der Waals surface area (Å²) in [7, 11) is 0. The second kappa shape index (κ2) is 8.63. The summed E-state index contributed by atoms with van der Waals surface area (Å²) in [6, 6.07) is 10.8. The molecule has 0 aliphatic carbocycles. The largest absolute Gasteiger partial charge is 0.381 e. The van der Waals surface area contributed by atoms with Crippen molar-refractivity contribution < 1.29 is 9.53 Å². The van der Waals surface area contributed by atoms with E-state index in [0.29, 0.717) is 12.6 Å². The minimum Gasteiger partial charge on any atom is -0.381 e. The Kier molecular flexibility index (Phi) is 6.27. The topological polar surface area (TPSA) is 41.6 Å². The maximum absolute atomic E-state index is 13.1. The number of ether oxygens (including phenoxy) is 1. The van der Waals surface area contributed by atoms with Crippen LogP contribution in [0.1, 0.15) is 38.7 Å². The molecule has 1 N–H and O–H groups in total. The summed E-state index contributed by atoms with van der Waals surface area (Å²) < 4.78 is 5.43. The second-order valence-corrected chi connectivity index (χ2v) is 7.40. The molecule has 0 bridgehead atoms. The second-order valence-electron chi connectivity index (χ2n) is 7.40. The highest BCUT2D eigenvalue weighted by molar-refractivity contribution is 5.83. The number of hydrogen-bond donors (Lipinski definition) is 1. The highest BCUT2D eigenvalue weighted by Crippen LogP contribution is 2.23.